The first-order valence-corrected chi connectivity index (χ1v) is 8.37. The van der Waals surface area contributed by atoms with Crippen molar-refractivity contribution in [3.05, 3.63) is 19.8 Å². The van der Waals surface area contributed by atoms with Crippen molar-refractivity contribution in [2.45, 2.75) is 45.4 Å². The molecule has 4 heteroatoms. The van der Waals surface area contributed by atoms with Crippen molar-refractivity contribution in [2.24, 2.45) is 0 Å². The van der Waals surface area contributed by atoms with E-state index >= 15 is 0 Å². The predicted molar refractivity (Wildman–Crippen MR) is 82.4 cm³/mol. The van der Waals surface area contributed by atoms with Gasteiger partial charge in [0.25, 0.3) is 0 Å². The highest BCUT2D eigenvalue weighted by Gasteiger charge is 2.03. The minimum absolute atomic E-state index is 0.878. The fraction of sp³-hybridized carbons (Fsp3) is 0.692. The van der Waals surface area contributed by atoms with E-state index in [0.29, 0.717) is 0 Å². The van der Waals surface area contributed by atoms with Crippen LogP contribution in [0, 0.1) is 0 Å². The van der Waals surface area contributed by atoms with Crippen LogP contribution in [0.3, 0.4) is 0 Å². The number of nitrogens with one attached hydrogen (secondary N) is 1. The third kappa shape index (κ3) is 6.80. The maximum atomic E-state index is 6.00. The zero-order valence-electron chi connectivity index (χ0n) is 10.4. The van der Waals surface area contributed by atoms with Gasteiger partial charge in [-0.25, -0.2) is 0 Å². The quantitative estimate of drug-likeness (QED) is 0.605. The average Bonchev–Trinajstić information content (AvgIpc) is 2.62. The number of hydrogen-bond acceptors (Lipinski definition) is 2. The zero-order valence-corrected chi connectivity index (χ0v) is 13.6. The number of rotatable bonds is 9. The summed E-state index contributed by atoms with van der Waals surface area (Å²) in [6, 6.07) is 2.15. The van der Waals surface area contributed by atoms with Gasteiger partial charge in [-0.15, -0.1) is 11.3 Å². The van der Waals surface area contributed by atoms with Crippen LogP contribution in [0.1, 0.15) is 43.9 Å². The van der Waals surface area contributed by atoms with Gasteiger partial charge in [-0.3, -0.25) is 0 Å². The average molecular weight is 339 g/mol. The molecule has 0 aliphatic heterocycles. The van der Waals surface area contributed by atoms with Crippen LogP contribution in [0.2, 0.25) is 4.34 Å². The molecule has 98 valence electrons. The van der Waals surface area contributed by atoms with Gasteiger partial charge in [0, 0.05) is 9.35 Å². The van der Waals surface area contributed by atoms with Gasteiger partial charge in [0.1, 0.15) is 4.34 Å². The Kier molecular flexibility index (Phi) is 8.54. The van der Waals surface area contributed by atoms with Crippen LogP contribution >= 0.6 is 38.9 Å². The smallest absolute Gasteiger partial charge is 0.107 e. The Morgan fingerprint density at radius 2 is 2.00 bits per heavy atom. The SMILES string of the molecule is CCCNCCCCCCc1cc(Br)c(Cl)s1. The molecule has 0 amide bonds. The van der Waals surface area contributed by atoms with Gasteiger partial charge in [-0.1, -0.05) is 31.4 Å². The van der Waals surface area contributed by atoms with E-state index in [1.807, 2.05) is 0 Å². The fourth-order valence-corrected chi connectivity index (χ4v) is 3.55. The molecule has 0 unspecified atom stereocenters. The van der Waals surface area contributed by atoms with Gasteiger partial charge >= 0.3 is 0 Å². The Balaban J connectivity index is 1.97. The van der Waals surface area contributed by atoms with Crippen molar-refractivity contribution in [2.75, 3.05) is 13.1 Å². The lowest BCUT2D eigenvalue weighted by molar-refractivity contribution is 0.585. The second kappa shape index (κ2) is 9.37. The summed E-state index contributed by atoms with van der Waals surface area (Å²) < 4.78 is 1.92. The van der Waals surface area contributed by atoms with Crippen molar-refractivity contribution in [3.63, 3.8) is 0 Å². The van der Waals surface area contributed by atoms with Gasteiger partial charge in [0.2, 0.25) is 0 Å². The second-order valence-corrected chi connectivity index (χ2v) is 6.84. The molecule has 1 aromatic rings. The number of halogens is 2. The fourth-order valence-electron chi connectivity index (χ4n) is 1.72. The Morgan fingerprint density at radius 1 is 1.24 bits per heavy atom. The normalized spacial score (nSPS) is 11.0. The number of hydrogen-bond donors (Lipinski definition) is 1. The molecule has 0 aromatic carbocycles. The van der Waals surface area contributed by atoms with Crippen LogP contribution in [0.15, 0.2) is 10.5 Å². The maximum absolute atomic E-state index is 6.00. The molecule has 1 rings (SSSR count). The van der Waals surface area contributed by atoms with Gasteiger partial charge in [0.15, 0.2) is 0 Å². The summed E-state index contributed by atoms with van der Waals surface area (Å²) in [4.78, 5) is 1.39. The van der Waals surface area contributed by atoms with Crippen molar-refractivity contribution < 1.29 is 0 Å². The molecule has 0 bridgehead atoms. The highest BCUT2D eigenvalue weighted by Crippen LogP contribution is 2.32. The lowest BCUT2D eigenvalue weighted by Gasteiger charge is -2.02. The topological polar surface area (TPSA) is 12.0 Å². The summed E-state index contributed by atoms with van der Waals surface area (Å²) in [5.74, 6) is 0. The van der Waals surface area contributed by atoms with Crippen LogP contribution in [0.5, 0.6) is 0 Å². The summed E-state index contributed by atoms with van der Waals surface area (Å²) in [7, 11) is 0. The van der Waals surface area contributed by atoms with Crippen LogP contribution in [-0.2, 0) is 6.42 Å². The van der Waals surface area contributed by atoms with E-state index < -0.39 is 0 Å². The first-order chi connectivity index (χ1) is 8.24. The molecule has 1 aromatic heterocycles. The van der Waals surface area contributed by atoms with E-state index in [9.17, 15) is 0 Å². The number of unbranched alkanes of at least 4 members (excludes halogenated alkanes) is 3. The second-order valence-electron chi connectivity index (χ2n) is 4.25. The number of aryl methyl sites for hydroxylation is 1. The van der Waals surface area contributed by atoms with Crippen molar-refractivity contribution in [1.82, 2.24) is 5.32 Å². The summed E-state index contributed by atoms with van der Waals surface area (Å²) >= 11 is 11.1. The molecular formula is C13H21BrClNS. The van der Waals surface area contributed by atoms with Gasteiger partial charge in [0.05, 0.1) is 0 Å². The molecule has 1 nitrogen and oxygen atoms in total. The van der Waals surface area contributed by atoms with E-state index in [4.69, 9.17) is 11.6 Å². The molecule has 17 heavy (non-hydrogen) atoms. The highest BCUT2D eigenvalue weighted by atomic mass is 79.9. The van der Waals surface area contributed by atoms with Crippen molar-refractivity contribution in [3.8, 4) is 0 Å². The predicted octanol–water partition coefficient (Wildman–Crippen LogP) is 5.27. The lowest BCUT2D eigenvalue weighted by Crippen LogP contribution is -2.15. The monoisotopic (exact) mass is 337 g/mol. The van der Waals surface area contributed by atoms with Crippen molar-refractivity contribution >= 4 is 38.9 Å². The summed E-state index contributed by atoms with van der Waals surface area (Å²) in [6.45, 7) is 4.53. The van der Waals surface area contributed by atoms with E-state index in [0.717, 1.165) is 15.4 Å². The molecule has 0 saturated carbocycles. The molecule has 0 saturated heterocycles. The molecule has 0 aliphatic rings. The molecule has 0 atom stereocenters. The van der Waals surface area contributed by atoms with Crippen molar-refractivity contribution in [1.29, 1.82) is 0 Å². The van der Waals surface area contributed by atoms with Crippen LogP contribution < -0.4 is 5.32 Å². The maximum Gasteiger partial charge on any atom is 0.107 e. The molecule has 0 fully saturated rings. The summed E-state index contributed by atoms with van der Waals surface area (Å²) in [6.07, 6.45) is 7.62. The highest BCUT2D eigenvalue weighted by molar-refractivity contribution is 9.10. The Morgan fingerprint density at radius 3 is 2.65 bits per heavy atom. The molecule has 0 radical (unpaired) electrons. The molecule has 0 spiro atoms. The minimum atomic E-state index is 0.878. The van der Waals surface area contributed by atoms with E-state index in [-0.39, 0.29) is 0 Å². The standard InChI is InChI=1S/C13H21BrClNS/c1-2-8-16-9-6-4-3-5-7-11-10-12(14)13(15)17-11/h10,16H,2-9H2,1H3. The third-order valence-corrected chi connectivity index (χ3v) is 5.18. The van der Waals surface area contributed by atoms with Crippen LogP contribution in [0.4, 0.5) is 0 Å². The Bertz CT molecular complexity index is 295. The number of thiophene rings is 1. The summed E-state index contributed by atoms with van der Waals surface area (Å²) in [5.41, 5.74) is 0. The first-order valence-electron chi connectivity index (χ1n) is 6.38. The van der Waals surface area contributed by atoms with Crippen LogP contribution in [-0.4, -0.2) is 13.1 Å². The zero-order chi connectivity index (χ0) is 12.5. The molecular weight excluding hydrogens is 318 g/mol. The molecule has 0 aliphatic carbocycles. The minimum Gasteiger partial charge on any atom is -0.317 e. The van der Waals surface area contributed by atoms with Crippen LogP contribution in [0.25, 0.3) is 0 Å². The summed E-state index contributed by atoms with van der Waals surface area (Å²) in [5, 5.41) is 3.43. The van der Waals surface area contributed by atoms with Gasteiger partial charge < -0.3 is 5.32 Å². The van der Waals surface area contributed by atoms with E-state index in [1.165, 1.54) is 49.9 Å². The Labute approximate surface area is 122 Å². The third-order valence-electron chi connectivity index (χ3n) is 2.65. The first kappa shape index (κ1) is 15.5. The molecule has 1 N–H and O–H groups in total. The largest absolute Gasteiger partial charge is 0.317 e. The lowest BCUT2D eigenvalue weighted by atomic mass is 10.1. The molecule has 1 heterocycles. The van der Waals surface area contributed by atoms with Gasteiger partial charge in [-0.05, 0) is 60.8 Å². The Hall–Kier alpha value is 0.430. The van der Waals surface area contributed by atoms with Gasteiger partial charge in [-0.2, -0.15) is 0 Å². The van der Waals surface area contributed by atoms with E-state index in [2.05, 4.69) is 34.2 Å². The van der Waals surface area contributed by atoms with E-state index in [1.54, 1.807) is 11.3 Å².